The minimum Gasteiger partial charge on any atom is -0.370 e. The summed E-state index contributed by atoms with van der Waals surface area (Å²) in [6, 6.07) is 0. The van der Waals surface area contributed by atoms with Gasteiger partial charge in [-0.15, -0.1) is 0 Å². The highest BCUT2D eigenvalue weighted by Gasteiger charge is 2.41. The van der Waals surface area contributed by atoms with Gasteiger partial charge in [0.15, 0.2) is 0 Å². The monoisotopic (exact) mass is 172 g/mol. The lowest BCUT2D eigenvalue weighted by Crippen LogP contribution is -2.62. The highest BCUT2D eigenvalue weighted by atomic mass is 16.5. The molecule has 2 N–H and O–H groups in total. The van der Waals surface area contributed by atoms with E-state index in [1.165, 1.54) is 0 Å². The molecule has 1 aliphatic heterocycles. The summed E-state index contributed by atoms with van der Waals surface area (Å²) in [4.78, 5) is 2.26. The van der Waals surface area contributed by atoms with Crippen molar-refractivity contribution in [2.75, 3.05) is 26.7 Å². The van der Waals surface area contributed by atoms with Crippen molar-refractivity contribution in [2.45, 2.75) is 32.0 Å². The Bertz CT molecular complexity index is 136. The van der Waals surface area contributed by atoms with Gasteiger partial charge in [0.2, 0.25) is 0 Å². The van der Waals surface area contributed by atoms with Gasteiger partial charge in [0.1, 0.15) is 0 Å². The molecule has 3 nitrogen and oxygen atoms in total. The van der Waals surface area contributed by atoms with Crippen LogP contribution in [0.15, 0.2) is 0 Å². The SMILES string of the molecule is CC(C)OC1(CCN)CN(C)C1. The standard InChI is InChI=1S/C9H20N2O/c1-8(2)12-9(4-5-10)6-11(3)7-9/h8H,4-7,10H2,1-3H3. The van der Waals surface area contributed by atoms with Crippen molar-refractivity contribution >= 4 is 0 Å². The van der Waals surface area contributed by atoms with E-state index in [0.29, 0.717) is 6.10 Å². The van der Waals surface area contributed by atoms with Gasteiger partial charge in [-0.25, -0.2) is 0 Å². The average molecular weight is 172 g/mol. The summed E-state index contributed by atoms with van der Waals surface area (Å²) in [5, 5.41) is 0. The van der Waals surface area contributed by atoms with E-state index in [1.807, 2.05) is 0 Å². The zero-order valence-corrected chi connectivity index (χ0v) is 8.34. The van der Waals surface area contributed by atoms with Crippen LogP contribution in [0.3, 0.4) is 0 Å². The average Bonchev–Trinajstić information content (AvgIpc) is 1.83. The molecule has 0 aromatic carbocycles. The third-order valence-corrected chi connectivity index (χ3v) is 2.20. The number of hydrogen-bond donors (Lipinski definition) is 1. The fourth-order valence-electron chi connectivity index (χ4n) is 1.99. The molecule has 0 saturated carbocycles. The van der Waals surface area contributed by atoms with Crippen LogP contribution in [-0.4, -0.2) is 43.3 Å². The van der Waals surface area contributed by atoms with Crippen LogP contribution in [0.1, 0.15) is 20.3 Å². The zero-order valence-electron chi connectivity index (χ0n) is 8.34. The van der Waals surface area contributed by atoms with Crippen molar-refractivity contribution in [2.24, 2.45) is 5.73 Å². The van der Waals surface area contributed by atoms with Gasteiger partial charge in [-0.2, -0.15) is 0 Å². The van der Waals surface area contributed by atoms with Gasteiger partial charge in [0, 0.05) is 13.1 Å². The van der Waals surface area contributed by atoms with Gasteiger partial charge in [-0.05, 0) is 33.9 Å². The van der Waals surface area contributed by atoms with Crippen molar-refractivity contribution in [3.63, 3.8) is 0 Å². The lowest BCUT2D eigenvalue weighted by atomic mass is 9.90. The molecule has 0 bridgehead atoms. The van der Waals surface area contributed by atoms with Crippen LogP contribution >= 0.6 is 0 Å². The highest BCUT2D eigenvalue weighted by molar-refractivity contribution is 4.96. The van der Waals surface area contributed by atoms with Gasteiger partial charge in [-0.3, -0.25) is 0 Å². The molecular formula is C9H20N2O. The van der Waals surface area contributed by atoms with Crippen LogP contribution in [0.25, 0.3) is 0 Å². The first kappa shape index (κ1) is 9.96. The number of likely N-dealkylation sites (tertiary alicyclic amines) is 1. The second kappa shape index (κ2) is 3.73. The molecular weight excluding hydrogens is 152 g/mol. The van der Waals surface area contributed by atoms with E-state index in [1.54, 1.807) is 0 Å². The van der Waals surface area contributed by atoms with Gasteiger partial charge in [0.05, 0.1) is 11.7 Å². The Morgan fingerprint density at radius 2 is 2.08 bits per heavy atom. The third kappa shape index (κ3) is 2.19. The number of ether oxygens (including phenoxy) is 1. The number of nitrogens with two attached hydrogens (primary N) is 1. The fourth-order valence-corrected chi connectivity index (χ4v) is 1.99. The minimum atomic E-state index is 0.0671. The molecule has 0 atom stereocenters. The second-order valence-corrected chi connectivity index (χ2v) is 4.06. The normalized spacial score (nSPS) is 22.8. The van der Waals surface area contributed by atoms with Gasteiger partial charge in [0.25, 0.3) is 0 Å². The second-order valence-electron chi connectivity index (χ2n) is 4.06. The Balaban J connectivity index is 2.39. The highest BCUT2D eigenvalue weighted by Crippen LogP contribution is 2.28. The molecule has 1 fully saturated rings. The summed E-state index contributed by atoms with van der Waals surface area (Å²) >= 11 is 0. The van der Waals surface area contributed by atoms with Crippen LogP contribution in [0.2, 0.25) is 0 Å². The summed E-state index contributed by atoms with van der Waals surface area (Å²) in [6.07, 6.45) is 1.29. The summed E-state index contributed by atoms with van der Waals surface area (Å²) < 4.78 is 5.86. The van der Waals surface area contributed by atoms with Gasteiger partial charge in [-0.1, -0.05) is 0 Å². The Morgan fingerprint density at radius 1 is 1.50 bits per heavy atom. The Labute approximate surface area is 74.9 Å². The fraction of sp³-hybridized carbons (Fsp3) is 1.00. The van der Waals surface area contributed by atoms with Crippen molar-refractivity contribution in [3.05, 3.63) is 0 Å². The van der Waals surface area contributed by atoms with Crippen LogP contribution in [-0.2, 0) is 4.74 Å². The Morgan fingerprint density at radius 3 is 2.42 bits per heavy atom. The molecule has 12 heavy (non-hydrogen) atoms. The molecule has 0 aromatic heterocycles. The van der Waals surface area contributed by atoms with E-state index in [-0.39, 0.29) is 5.60 Å². The molecule has 1 aliphatic rings. The Kier molecular flexibility index (Phi) is 3.09. The van der Waals surface area contributed by atoms with Crippen LogP contribution < -0.4 is 5.73 Å². The van der Waals surface area contributed by atoms with E-state index in [4.69, 9.17) is 10.5 Å². The molecule has 72 valence electrons. The topological polar surface area (TPSA) is 38.5 Å². The molecule has 0 aromatic rings. The van der Waals surface area contributed by atoms with E-state index in [9.17, 15) is 0 Å². The minimum absolute atomic E-state index is 0.0671. The predicted octanol–water partition coefficient (Wildman–Crippen LogP) is 0.444. The van der Waals surface area contributed by atoms with Crippen molar-refractivity contribution in [1.29, 1.82) is 0 Å². The molecule has 0 radical (unpaired) electrons. The summed E-state index contributed by atoms with van der Waals surface area (Å²) in [5.41, 5.74) is 5.61. The van der Waals surface area contributed by atoms with E-state index >= 15 is 0 Å². The van der Waals surface area contributed by atoms with Crippen LogP contribution in [0, 0.1) is 0 Å². The Hall–Kier alpha value is -0.120. The number of hydrogen-bond acceptors (Lipinski definition) is 3. The van der Waals surface area contributed by atoms with Gasteiger partial charge >= 0.3 is 0 Å². The first-order chi connectivity index (χ1) is 5.58. The zero-order chi connectivity index (χ0) is 9.19. The molecule has 1 rings (SSSR count). The third-order valence-electron chi connectivity index (χ3n) is 2.20. The van der Waals surface area contributed by atoms with Gasteiger partial charge < -0.3 is 15.4 Å². The predicted molar refractivity (Wildman–Crippen MR) is 50.1 cm³/mol. The maximum atomic E-state index is 5.86. The number of likely N-dealkylation sites (N-methyl/N-ethyl adjacent to an activating group) is 1. The quantitative estimate of drug-likeness (QED) is 0.669. The molecule has 3 heteroatoms. The summed E-state index contributed by atoms with van der Waals surface area (Å²) in [6.45, 7) is 6.94. The number of rotatable bonds is 4. The number of nitrogens with zero attached hydrogens (tertiary/aromatic N) is 1. The van der Waals surface area contributed by atoms with E-state index in [2.05, 4.69) is 25.8 Å². The van der Waals surface area contributed by atoms with Crippen molar-refractivity contribution in [3.8, 4) is 0 Å². The largest absolute Gasteiger partial charge is 0.370 e. The molecule has 0 spiro atoms. The molecule has 1 saturated heterocycles. The first-order valence-corrected chi connectivity index (χ1v) is 4.64. The molecule has 0 amide bonds. The molecule has 1 heterocycles. The molecule has 0 aliphatic carbocycles. The smallest absolute Gasteiger partial charge is 0.0950 e. The maximum absolute atomic E-state index is 5.86. The van der Waals surface area contributed by atoms with Crippen molar-refractivity contribution in [1.82, 2.24) is 4.90 Å². The first-order valence-electron chi connectivity index (χ1n) is 4.64. The van der Waals surface area contributed by atoms with Crippen molar-refractivity contribution < 1.29 is 4.74 Å². The molecule has 0 unspecified atom stereocenters. The summed E-state index contributed by atoms with van der Waals surface area (Å²) in [5.74, 6) is 0. The van der Waals surface area contributed by atoms with Crippen LogP contribution in [0.4, 0.5) is 0 Å². The maximum Gasteiger partial charge on any atom is 0.0950 e. The lowest BCUT2D eigenvalue weighted by Gasteiger charge is -2.49. The summed E-state index contributed by atoms with van der Waals surface area (Å²) in [7, 11) is 2.11. The van der Waals surface area contributed by atoms with E-state index < -0.39 is 0 Å². The van der Waals surface area contributed by atoms with Crippen LogP contribution in [0.5, 0.6) is 0 Å². The lowest BCUT2D eigenvalue weighted by molar-refractivity contribution is -0.161. The van der Waals surface area contributed by atoms with E-state index in [0.717, 1.165) is 26.1 Å².